The maximum absolute atomic E-state index is 5.27. The molecule has 0 fully saturated rings. The van der Waals surface area contributed by atoms with E-state index in [1.54, 1.807) is 0 Å². The summed E-state index contributed by atoms with van der Waals surface area (Å²) in [6, 6.07) is 79.2. The van der Waals surface area contributed by atoms with E-state index in [2.05, 4.69) is 228 Å². The largest absolute Gasteiger partial charge is 0.309 e. The van der Waals surface area contributed by atoms with Gasteiger partial charge >= 0.3 is 0 Å². The maximum Gasteiger partial charge on any atom is 0.164 e. The zero-order valence-corrected chi connectivity index (χ0v) is 33.6. The summed E-state index contributed by atoms with van der Waals surface area (Å²) in [5.74, 6) is 1.86. The van der Waals surface area contributed by atoms with Crippen molar-refractivity contribution >= 4 is 43.6 Å². The van der Waals surface area contributed by atoms with Gasteiger partial charge in [0.15, 0.2) is 17.5 Å². The lowest BCUT2D eigenvalue weighted by Crippen LogP contribution is -2.00. The standard InChI is InChI=1S/C57H37N5/c1-4-14-38(15-5-1)39-24-26-40(27-25-39)41-28-30-42(31-29-41)55-58-56(43-32-34-53-49(36-43)47-20-10-12-22-51(47)61(53)45-16-6-2-7-17-45)60-57(59-55)44-33-35-54-50(37-44)48-21-11-13-23-52(48)62(54)46-18-8-3-9-19-46/h1-37H. The lowest BCUT2D eigenvalue weighted by atomic mass is 9.99. The van der Waals surface area contributed by atoms with Crippen molar-refractivity contribution in [3.05, 3.63) is 224 Å². The average molecular weight is 792 g/mol. The van der Waals surface area contributed by atoms with E-state index in [-0.39, 0.29) is 0 Å². The minimum atomic E-state index is 0.620. The fourth-order valence-corrected chi connectivity index (χ4v) is 9.00. The van der Waals surface area contributed by atoms with Crippen molar-refractivity contribution in [2.45, 2.75) is 0 Å². The molecule has 0 aliphatic heterocycles. The predicted molar refractivity (Wildman–Crippen MR) is 256 cm³/mol. The first kappa shape index (κ1) is 35.5. The van der Waals surface area contributed by atoms with Crippen molar-refractivity contribution in [2.24, 2.45) is 0 Å². The highest BCUT2D eigenvalue weighted by Crippen LogP contribution is 2.38. The molecule has 0 N–H and O–H groups in total. The molecule has 290 valence electrons. The van der Waals surface area contributed by atoms with Gasteiger partial charge in [-0.3, -0.25) is 0 Å². The zero-order valence-electron chi connectivity index (χ0n) is 33.6. The summed E-state index contributed by atoms with van der Waals surface area (Å²) in [5, 5.41) is 4.64. The first-order chi connectivity index (χ1) is 30.7. The first-order valence-electron chi connectivity index (χ1n) is 20.9. The fraction of sp³-hybridized carbons (Fsp3) is 0. The Morgan fingerprint density at radius 1 is 0.226 bits per heavy atom. The van der Waals surface area contributed by atoms with Crippen LogP contribution in [0.2, 0.25) is 0 Å². The molecule has 9 aromatic carbocycles. The summed E-state index contributed by atoms with van der Waals surface area (Å²) in [6.45, 7) is 0. The summed E-state index contributed by atoms with van der Waals surface area (Å²) < 4.78 is 4.66. The predicted octanol–water partition coefficient (Wildman–Crippen LogP) is 14.4. The van der Waals surface area contributed by atoms with Crippen LogP contribution in [0.4, 0.5) is 0 Å². The molecular formula is C57H37N5. The Balaban J connectivity index is 1.01. The van der Waals surface area contributed by atoms with Gasteiger partial charge in [0, 0.05) is 49.6 Å². The van der Waals surface area contributed by atoms with Crippen LogP contribution in [0.25, 0.3) is 111 Å². The summed E-state index contributed by atoms with van der Waals surface area (Å²) in [7, 11) is 0. The molecule has 12 aromatic rings. The Bertz CT molecular complexity index is 3410. The molecule has 12 rings (SSSR count). The number of para-hydroxylation sites is 4. The van der Waals surface area contributed by atoms with Crippen molar-refractivity contribution in [3.63, 3.8) is 0 Å². The van der Waals surface area contributed by atoms with Gasteiger partial charge in [-0.25, -0.2) is 15.0 Å². The van der Waals surface area contributed by atoms with Crippen LogP contribution < -0.4 is 0 Å². The Morgan fingerprint density at radius 3 is 0.968 bits per heavy atom. The molecule has 62 heavy (non-hydrogen) atoms. The smallest absolute Gasteiger partial charge is 0.164 e. The Labute approximate surface area is 358 Å². The second-order valence-corrected chi connectivity index (χ2v) is 15.7. The quantitative estimate of drug-likeness (QED) is 0.162. The van der Waals surface area contributed by atoms with Gasteiger partial charge in [-0.2, -0.15) is 0 Å². The third kappa shape index (κ3) is 6.06. The van der Waals surface area contributed by atoms with E-state index in [9.17, 15) is 0 Å². The number of fused-ring (bicyclic) bond motifs is 6. The molecule has 0 aliphatic rings. The first-order valence-corrected chi connectivity index (χ1v) is 20.9. The van der Waals surface area contributed by atoms with Gasteiger partial charge in [-0.15, -0.1) is 0 Å². The minimum absolute atomic E-state index is 0.620. The molecule has 5 nitrogen and oxygen atoms in total. The van der Waals surface area contributed by atoms with Crippen LogP contribution in [-0.4, -0.2) is 24.1 Å². The van der Waals surface area contributed by atoms with Crippen molar-refractivity contribution in [1.29, 1.82) is 0 Å². The third-order valence-electron chi connectivity index (χ3n) is 12.0. The van der Waals surface area contributed by atoms with Gasteiger partial charge in [0.1, 0.15) is 0 Å². The van der Waals surface area contributed by atoms with E-state index in [4.69, 9.17) is 15.0 Å². The molecule has 3 heterocycles. The van der Waals surface area contributed by atoms with E-state index < -0.39 is 0 Å². The Kier molecular flexibility index (Phi) is 8.42. The average Bonchev–Trinajstić information content (AvgIpc) is 3.87. The number of nitrogens with zero attached hydrogens (tertiary/aromatic N) is 5. The van der Waals surface area contributed by atoms with Crippen LogP contribution in [0, 0.1) is 0 Å². The molecule has 0 atom stereocenters. The van der Waals surface area contributed by atoms with Crippen molar-refractivity contribution in [1.82, 2.24) is 24.1 Å². The van der Waals surface area contributed by atoms with Crippen LogP contribution in [-0.2, 0) is 0 Å². The molecule has 3 aromatic heterocycles. The summed E-state index contributed by atoms with van der Waals surface area (Å²) in [6.07, 6.45) is 0. The summed E-state index contributed by atoms with van der Waals surface area (Å²) in [5.41, 5.74) is 14.3. The highest BCUT2D eigenvalue weighted by Gasteiger charge is 2.19. The normalized spacial score (nSPS) is 11.5. The van der Waals surface area contributed by atoms with Crippen molar-refractivity contribution < 1.29 is 0 Å². The fourth-order valence-electron chi connectivity index (χ4n) is 9.00. The molecular weight excluding hydrogens is 755 g/mol. The van der Waals surface area contributed by atoms with Crippen LogP contribution >= 0.6 is 0 Å². The van der Waals surface area contributed by atoms with Gasteiger partial charge in [-0.1, -0.05) is 152 Å². The summed E-state index contributed by atoms with van der Waals surface area (Å²) in [4.78, 5) is 15.7. The third-order valence-corrected chi connectivity index (χ3v) is 12.0. The van der Waals surface area contributed by atoms with Crippen LogP contribution in [0.3, 0.4) is 0 Å². The Morgan fingerprint density at radius 2 is 0.532 bits per heavy atom. The van der Waals surface area contributed by atoms with Gasteiger partial charge in [0.05, 0.1) is 22.1 Å². The second-order valence-electron chi connectivity index (χ2n) is 15.7. The van der Waals surface area contributed by atoms with E-state index in [1.165, 1.54) is 21.9 Å². The van der Waals surface area contributed by atoms with Crippen LogP contribution in [0.15, 0.2) is 224 Å². The van der Waals surface area contributed by atoms with Crippen molar-refractivity contribution in [2.75, 3.05) is 0 Å². The highest BCUT2D eigenvalue weighted by molar-refractivity contribution is 6.11. The van der Waals surface area contributed by atoms with Gasteiger partial charge in [-0.05, 0) is 95.1 Å². The topological polar surface area (TPSA) is 48.5 Å². The second kappa shape index (κ2) is 14.7. The number of rotatable bonds is 7. The van der Waals surface area contributed by atoms with Crippen molar-refractivity contribution in [3.8, 4) is 67.8 Å². The molecule has 0 saturated carbocycles. The molecule has 0 aliphatic carbocycles. The zero-order chi connectivity index (χ0) is 41.0. The van der Waals surface area contributed by atoms with Crippen LogP contribution in [0.5, 0.6) is 0 Å². The Hall–Kier alpha value is -8.41. The summed E-state index contributed by atoms with van der Waals surface area (Å²) >= 11 is 0. The number of aromatic nitrogens is 5. The van der Waals surface area contributed by atoms with E-state index >= 15 is 0 Å². The molecule has 0 amide bonds. The van der Waals surface area contributed by atoms with Gasteiger partial charge < -0.3 is 9.13 Å². The SMILES string of the molecule is c1ccc(-c2ccc(-c3ccc(-c4nc(-c5ccc6c(c5)c5ccccc5n6-c5ccccc5)nc(-c5ccc6c(c5)c5ccccc5n6-c5ccccc5)n4)cc3)cc2)cc1. The molecule has 0 spiro atoms. The van der Waals surface area contributed by atoms with Crippen LogP contribution in [0.1, 0.15) is 0 Å². The van der Waals surface area contributed by atoms with Gasteiger partial charge in [0.25, 0.3) is 0 Å². The van der Waals surface area contributed by atoms with E-state index in [0.717, 1.165) is 72.0 Å². The highest BCUT2D eigenvalue weighted by atomic mass is 15.0. The molecule has 0 radical (unpaired) electrons. The van der Waals surface area contributed by atoms with E-state index in [1.807, 2.05) is 6.07 Å². The molecule has 0 saturated heterocycles. The molecule has 5 heteroatoms. The maximum atomic E-state index is 5.27. The minimum Gasteiger partial charge on any atom is -0.309 e. The monoisotopic (exact) mass is 791 g/mol. The van der Waals surface area contributed by atoms with Gasteiger partial charge in [0.2, 0.25) is 0 Å². The molecule has 0 unspecified atom stereocenters. The lowest BCUT2D eigenvalue weighted by Gasteiger charge is -2.11. The number of hydrogen-bond donors (Lipinski definition) is 0. The van der Waals surface area contributed by atoms with E-state index in [0.29, 0.717) is 17.5 Å². The molecule has 0 bridgehead atoms. The number of benzene rings is 9. The number of hydrogen-bond acceptors (Lipinski definition) is 3. The lowest BCUT2D eigenvalue weighted by molar-refractivity contribution is 1.07.